The predicted molar refractivity (Wildman–Crippen MR) is 44.6 cm³/mol. The normalized spacial score (nSPS) is 42.2. The van der Waals surface area contributed by atoms with Gasteiger partial charge in [0.1, 0.15) is 0 Å². The Balaban J connectivity index is 2.08. The third-order valence-corrected chi connectivity index (χ3v) is 3.03. The number of morpholine rings is 1. The first kappa shape index (κ1) is 8.03. The molecule has 2 rings (SSSR count). The van der Waals surface area contributed by atoms with E-state index in [9.17, 15) is 0 Å². The molecule has 2 aliphatic heterocycles. The number of rotatable bonds is 0. The molecule has 0 spiro atoms. The maximum absolute atomic E-state index is 8.69. The number of nitrogens with zero attached hydrogens (tertiary/aromatic N) is 2. The van der Waals surface area contributed by atoms with Crippen molar-refractivity contribution in [1.82, 2.24) is 4.90 Å². The molecule has 0 aromatic heterocycles. The summed E-state index contributed by atoms with van der Waals surface area (Å²) in [7, 11) is 0. The van der Waals surface area contributed by atoms with Gasteiger partial charge >= 0.3 is 0 Å². The lowest BCUT2D eigenvalue weighted by Gasteiger charge is -2.40. The van der Waals surface area contributed by atoms with Gasteiger partial charge in [0.25, 0.3) is 0 Å². The molecule has 0 aromatic carbocycles. The molecule has 0 unspecified atom stereocenters. The van der Waals surface area contributed by atoms with Gasteiger partial charge in [0.15, 0.2) is 6.10 Å². The zero-order chi connectivity index (χ0) is 8.60. The van der Waals surface area contributed by atoms with E-state index in [1.54, 1.807) is 0 Å². The average Bonchev–Trinajstić information content (AvgIpc) is 2.45. The van der Waals surface area contributed by atoms with Crippen LogP contribution in [0.2, 0.25) is 0 Å². The highest BCUT2D eigenvalue weighted by Crippen LogP contribution is 2.32. The largest absolute Gasteiger partial charge is 0.360 e. The Morgan fingerprint density at radius 1 is 1.67 bits per heavy atom. The van der Waals surface area contributed by atoms with E-state index in [1.807, 2.05) is 0 Å². The average molecular weight is 166 g/mol. The molecule has 0 N–H and O–H groups in total. The summed E-state index contributed by atoms with van der Waals surface area (Å²) in [5.41, 5.74) is 0.230. The van der Waals surface area contributed by atoms with Crippen molar-refractivity contribution in [3.8, 4) is 6.07 Å². The van der Waals surface area contributed by atoms with E-state index < -0.39 is 0 Å². The van der Waals surface area contributed by atoms with Crippen molar-refractivity contribution in [3.05, 3.63) is 0 Å². The number of hydrogen-bond donors (Lipinski definition) is 0. The summed E-state index contributed by atoms with van der Waals surface area (Å²) in [5, 5.41) is 8.69. The molecule has 0 saturated carbocycles. The second-order valence-corrected chi connectivity index (χ2v) is 3.98. The topological polar surface area (TPSA) is 36.3 Å². The summed E-state index contributed by atoms with van der Waals surface area (Å²) in [5.74, 6) is 0. The van der Waals surface area contributed by atoms with Crippen LogP contribution in [0.3, 0.4) is 0 Å². The van der Waals surface area contributed by atoms with Crippen molar-refractivity contribution in [3.63, 3.8) is 0 Å². The first-order chi connectivity index (χ1) is 5.74. The van der Waals surface area contributed by atoms with E-state index >= 15 is 0 Å². The molecular weight excluding hydrogens is 152 g/mol. The van der Waals surface area contributed by atoms with E-state index in [0.29, 0.717) is 0 Å². The minimum Gasteiger partial charge on any atom is -0.360 e. The Labute approximate surface area is 72.9 Å². The molecule has 0 aliphatic carbocycles. The van der Waals surface area contributed by atoms with Gasteiger partial charge in [-0.3, -0.25) is 4.90 Å². The molecule has 3 heteroatoms. The lowest BCUT2D eigenvalue weighted by molar-refractivity contribution is -0.0657. The highest BCUT2D eigenvalue weighted by Gasteiger charge is 2.41. The smallest absolute Gasteiger partial charge is 0.156 e. The van der Waals surface area contributed by atoms with Crippen molar-refractivity contribution in [1.29, 1.82) is 5.26 Å². The summed E-state index contributed by atoms with van der Waals surface area (Å²) in [6, 6.07) is 2.17. The maximum Gasteiger partial charge on any atom is 0.156 e. The van der Waals surface area contributed by atoms with Crippen molar-refractivity contribution in [2.24, 2.45) is 0 Å². The van der Waals surface area contributed by atoms with Crippen LogP contribution in [0, 0.1) is 11.3 Å². The molecule has 0 radical (unpaired) electrons. The predicted octanol–water partition coefficient (Wildman–Crippen LogP) is 0.763. The van der Waals surface area contributed by atoms with Gasteiger partial charge in [0.05, 0.1) is 12.7 Å². The van der Waals surface area contributed by atoms with E-state index in [1.165, 1.54) is 12.8 Å². The van der Waals surface area contributed by atoms with Crippen LogP contribution < -0.4 is 0 Å². The van der Waals surface area contributed by atoms with Crippen LogP contribution in [-0.4, -0.2) is 36.2 Å². The molecule has 2 aliphatic rings. The second kappa shape index (κ2) is 2.72. The molecule has 0 amide bonds. The van der Waals surface area contributed by atoms with Gasteiger partial charge < -0.3 is 4.74 Å². The van der Waals surface area contributed by atoms with Gasteiger partial charge in [0.2, 0.25) is 0 Å². The molecule has 2 saturated heterocycles. The van der Waals surface area contributed by atoms with Crippen molar-refractivity contribution >= 4 is 0 Å². The highest BCUT2D eigenvalue weighted by atomic mass is 16.5. The van der Waals surface area contributed by atoms with Crippen LogP contribution in [0.1, 0.15) is 19.8 Å². The van der Waals surface area contributed by atoms with E-state index in [2.05, 4.69) is 17.9 Å². The number of nitriles is 1. The fourth-order valence-corrected chi connectivity index (χ4v) is 2.16. The van der Waals surface area contributed by atoms with Crippen LogP contribution in [0.5, 0.6) is 0 Å². The molecular formula is C9H14N2O. The molecule has 2 fully saturated rings. The SMILES string of the molecule is C[C@@]12CCCN1C[C@@H](C#N)OC2. The van der Waals surface area contributed by atoms with Crippen molar-refractivity contribution < 1.29 is 4.74 Å². The van der Waals surface area contributed by atoms with Crippen LogP contribution in [0.25, 0.3) is 0 Å². The van der Waals surface area contributed by atoms with Crippen molar-refractivity contribution in [2.75, 3.05) is 19.7 Å². The number of hydrogen-bond acceptors (Lipinski definition) is 3. The summed E-state index contributed by atoms with van der Waals surface area (Å²) >= 11 is 0. The van der Waals surface area contributed by atoms with Gasteiger partial charge in [-0.05, 0) is 26.3 Å². The van der Waals surface area contributed by atoms with Gasteiger partial charge in [-0.1, -0.05) is 0 Å². The minimum absolute atomic E-state index is 0.198. The van der Waals surface area contributed by atoms with Crippen LogP contribution >= 0.6 is 0 Å². The fraction of sp³-hybridized carbons (Fsp3) is 0.889. The second-order valence-electron chi connectivity index (χ2n) is 3.98. The van der Waals surface area contributed by atoms with Crippen LogP contribution in [0.4, 0.5) is 0 Å². The van der Waals surface area contributed by atoms with E-state index in [4.69, 9.17) is 10.00 Å². The molecule has 0 bridgehead atoms. The van der Waals surface area contributed by atoms with Crippen LogP contribution in [-0.2, 0) is 4.74 Å². The standard InChI is InChI=1S/C9H14N2O/c1-9-3-2-4-11(9)6-8(5-10)12-7-9/h8H,2-4,6-7H2,1H3/t8-,9+/m1/s1. The molecule has 0 aromatic rings. The Bertz CT molecular complexity index is 223. The lowest BCUT2D eigenvalue weighted by Crippen LogP contribution is -2.53. The van der Waals surface area contributed by atoms with Crippen LogP contribution in [0.15, 0.2) is 0 Å². The zero-order valence-electron chi connectivity index (χ0n) is 7.42. The summed E-state index contributed by atoms with van der Waals surface area (Å²) in [4.78, 5) is 2.39. The van der Waals surface area contributed by atoms with Gasteiger partial charge in [-0.25, -0.2) is 0 Å². The van der Waals surface area contributed by atoms with Gasteiger partial charge in [-0.15, -0.1) is 0 Å². The summed E-state index contributed by atoms with van der Waals surface area (Å²) in [6.07, 6.45) is 2.26. The highest BCUT2D eigenvalue weighted by molar-refractivity contribution is 5.00. The lowest BCUT2D eigenvalue weighted by atomic mass is 9.98. The summed E-state index contributed by atoms with van der Waals surface area (Å²) < 4.78 is 5.44. The Morgan fingerprint density at radius 3 is 3.25 bits per heavy atom. The van der Waals surface area contributed by atoms with E-state index in [-0.39, 0.29) is 11.6 Å². The Morgan fingerprint density at radius 2 is 2.50 bits per heavy atom. The fourth-order valence-electron chi connectivity index (χ4n) is 2.16. The monoisotopic (exact) mass is 166 g/mol. The molecule has 66 valence electrons. The zero-order valence-corrected chi connectivity index (χ0v) is 7.42. The molecule has 2 atom stereocenters. The Hall–Kier alpha value is -0.590. The quantitative estimate of drug-likeness (QED) is 0.533. The third kappa shape index (κ3) is 1.12. The maximum atomic E-state index is 8.69. The first-order valence-electron chi connectivity index (χ1n) is 4.51. The first-order valence-corrected chi connectivity index (χ1v) is 4.51. The van der Waals surface area contributed by atoms with Gasteiger partial charge in [-0.2, -0.15) is 5.26 Å². The number of ether oxygens (including phenoxy) is 1. The summed E-state index contributed by atoms with van der Waals surface area (Å²) in [6.45, 7) is 4.89. The third-order valence-electron chi connectivity index (χ3n) is 3.03. The molecule has 2 heterocycles. The van der Waals surface area contributed by atoms with Crippen molar-refractivity contribution in [2.45, 2.75) is 31.4 Å². The Kier molecular flexibility index (Phi) is 1.82. The molecule has 3 nitrogen and oxygen atoms in total. The number of fused-ring (bicyclic) bond motifs is 1. The van der Waals surface area contributed by atoms with E-state index in [0.717, 1.165) is 19.7 Å². The van der Waals surface area contributed by atoms with Gasteiger partial charge in [0, 0.05) is 12.1 Å². The molecule has 12 heavy (non-hydrogen) atoms. The minimum atomic E-state index is -0.198.